The molecule has 0 unspecified atom stereocenters. The standard InChI is InChI=1S/C21H21NO5/c1-24-17-7-4-16(5-8-17)6-11-21(23)22-12-2-3-13-25-18-9-10-19-20(14-18)27-15-26-19/h4-5,7-10,14H,6,11-13,15H2,1H3,(H,22,23). The van der Waals surface area contributed by atoms with Gasteiger partial charge in [-0.2, -0.15) is 0 Å². The van der Waals surface area contributed by atoms with Crippen LogP contribution in [0.4, 0.5) is 0 Å². The Morgan fingerprint density at radius 3 is 2.67 bits per heavy atom. The van der Waals surface area contributed by atoms with E-state index in [1.165, 1.54) is 0 Å². The molecule has 2 aromatic rings. The van der Waals surface area contributed by atoms with E-state index in [9.17, 15) is 4.79 Å². The van der Waals surface area contributed by atoms with E-state index in [1.807, 2.05) is 24.3 Å². The Morgan fingerprint density at radius 2 is 1.85 bits per heavy atom. The number of benzene rings is 2. The highest BCUT2D eigenvalue weighted by atomic mass is 16.7. The predicted octanol–water partition coefficient (Wildman–Crippen LogP) is 2.56. The number of aryl methyl sites for hydroxylation is 1. The van der Waals surface area contributed by atoms with Gasteiger partial charge in [-0.05, 0) is 36.2 Å². The molecule has 140 valence electrons. The summed E-state index contributed by atoms with van der Waals surface area (Å²) in [6.45, 7) is 0.768. The summed E-state index contributed by atoms with van der Waals surface area (Å²) in [7, 11) is 1.63. The summed E-state index contributed by atoms with van der Waals surface area (Å²) in [6.07, 6.45) is 1.10. The number of fused-ring (bicyclic) bond motifs is 1. The maximum Gasteiger partial charge on any atom is 0.231 e. The van der Waals surface area contributed by atoms with Crippen LogP contribution in [0.3, 0.4) is 0 Å². The van der Waals surface area contributed by atoms with Crippen LogP contribution in [0.1, 0.15) is 12.0 Å². The molecule has 1 amide bonds. The van der Waals surface area contributed by atoms with Crippen molar-refractivity contribution in [2.24, 2.45) is 0 Å². The number of carbonyl (C=O) groups excluding carboxylic acids is 1. The Kier molecular flexibility index (Phi) is 6.42. The van der Waals surface area contributed by atoms with Crippen molar-refractivity contribution in [2.75, 3.05) is 27.1 Å². The molecule has 1 N–H and O–H groups in total. The van der Waals surface area contributed by atoms with Gasteiger partial charge < -0.3 is 24.3 Å². The van der Waals surface area contributed by atoms with Gasteiger partial charge in [-0.25, -0.2) is 0 Å². The predicted molar refractivity (Wildman–Crippen MR) is 100 cm³/mol. The number of ether oxygens (including phenoxy) is 4. The van der Waals surface area contributed by atoms with Crippen molar-refractivity contribution in [2.45, 2.75) is 12.8 Å². The van der Waals surface area contributed by atoms with Crippen molar-refractivity contribution < 1.29 is 23.7 Å². The second-order valence-corrected chi connectivity index (χ2v) is 5.78. The molecule has 6 nitrogen and oxygen atoms in total. The van der Waals surface area contributed by atoms with Crippen LogP contribution in [-0.2, 0) is 11.2 Å². The lowest BCUT2D eigenvalue weighted by atomic mass is 10.1. The number of amides is 1. The highest BCUT2D eigenvalue weighted by Gasteiger charge is 2.13. The number of methoxy groups -OCH3 is 1. The molecule has 1 aliphatic heterocycles. The Morgan fingerprint density at radius 1 is 1.07 bits per heavy atom. The van der Waals surface area contributed by atoms with Crippen molar-refractivity contribution >= 4 is 5.91 Å². The fourth-order valence-corrected chi connectivity index (χ4v) is 2.48. The monoisotopic (exact) mass is 367 g/mol. The fraction of sp³-hybridized carbons (Fsp3) is 0.286. The van der Waals surface area contributed by atoms with Gasteiger partial charge in [-0.3, -0.25) is 4.79 Å². The molecule has 0 bridgehead atoms. The average Bonchev–Trinajstić information content (AvgIpc) is 3.17. The van der Waals surface area contributed by atoms with E-state index in [0.29, 0.717) is 36.6 Å². The highest BCUT2D eigenvalue weighted by molar-refractivity contribution is 5.76. The van der Waals surface area contributed by atoms with Crippen LogP contribution in [0.15, 0.2) is 42.5 Å². The summed E-state index contributed by atoms with van der Waals surface area (Å²) in [4.78, 5) is 11.8. The molecule has 0 fully saturated rings. The maximum atomic E-state index is 11.8. The SMILES string of the molecule is COc1ccc(CCC(=O)NCC#CCOc2ccc3c(c2)OCO3)cc1. The van der Waals surface area contributed by atoms with Crippen molar-refractivity contribution in [1.29, 1.82) is 0 Å². The quantitative estimate of drug-likeness (QED) is 0.762. The Labute approximate surface area is 158 Å². The van der Waals surface area contributed by atoms with Gasteiger partial charge in [0, 0.05) is 12.5 Å². The summed E-state index contributed by atoms with van der Waals surface area (Å²) in [5, 5.41) is 2.78. The zero-order valence-corrected chi connectivity index (χ0v) is 15.1. The average molecular weight is 367 g/mol. The fourth-order valence-electron chi connectivity index (χ4n) is 2.48. The van der Waals surface area contributed by atoms with Crippen molar-refractivity contribution in [3.63, 3.8) is 0 Å². The van der Waals surface area contributed by atoms with E-state index in [2.05, 4.69) is 17.2 Å². The second-order valence-electron chi connectivity index (χ2n) is 5.78. The number of carbonyl (C=O) groups is 1. The number of hydrogen-bond donors (Lipinski definition) is 1. The third kappa shape index (κ3) is 5.58. The molecule has 0 atom stereocenters. The van der Waals surface area contributed by atoms with Gasteiger partial charge in [0.15, 0.2) is 11.5 Å². The van der Waals surface area contributed by atoms with Crippen LogP contribution in [0, 0.1) is 11.8 Å². The molecule has 0 radical (unpaired) electrons. The molecule has 0 spiro atoms. The molecule has 0 saturated heterocycles. The van der Waals surface area contributed by atoms with E-state index in [-0.39, 0.29) is 19.3 Å². The van der Waals surface area contributed by atoms with E-state index < -0.39 is 0 Å². The first-order chi connectivity index (χ1) is 13.2. The summed E-state index contributed by atoms with van der Waals surface area (Å²) in [5.74, 6) is 8.57. The molecular formula is C21H21NO5. The molecule has 1 aliphatic rings. The lowest BCUT2D eigenvalue weighted by molar-refractivity contribution is -0.120. The summed E-state index contributed by atoms with van der Waals surface area (Å²) >= 11 is 0. The van der Waals surface area contributed by atoms with Crippen LogP contribution in [0.25, 0.3) is 0 Å². The van der Waals surface area contributed by atoms with Gasteiger partial charge >= 0.3 is 0 Å². The highest BCUT2D eigenvalue weighted by Crippen LogP contribution is 2.34. The number of hydrogen-bond acceptors (Lipinski definition) is 5. The van der Waals surface area contributed by atoms with Crippen LogP contribution in [0.2, 0.25) is 0 Å². The van der Waals surface area contributed by atoms with Gasteiger partial charge in [0.05, 0.1) is 13.7 Å². The van der Waals surface area contributed by atoms with E-state index in [1.54, 1.807) is 25.3 Å². The number of nitrogens with one attached hydrogen (secondary N) is 1. The lowest BCUT2D eigenvalue weighted by Gasteiger charge is -2.04. The first-order valence-electron chi connectivity index (χ1n) is 8.62. The summed E-state index contributed by atoms with van der Waals surface area (Å²) < 4.78 is 21.2. The van der Waals surface area contributed by atoms with Gasteiger partial charge in [-0.15, -0.1) is 0 Å². The van der Waals surface area contributed by atoms with E-state index in [0.717, 1.165) is 11.3 Å². The summed E-state index contributed by atoms with van der Waals surface area (Å²) in [6, 6.07) is 13.1. The van der Waals surface area contributed by atoms with Crippen molar-refractivity contribution in [1.82, 2.24) is 5.32 Å². The Balaban J connectivity index is 1.32. The largest absolute Gasteiger partial charge is 0.497 e. The number of rotatable bonds is 7. The topological polar surface area (TPSA) is 66.0 Å². The molecule has 0 saturated carbocycles. The van der Waals surface area contributed by atoms with Crippen LogP contribution >= 0.6 is 0 Å². The Hall–Kier alpha value is -3.33. The minimum atomic E-state index is -0.0307. The van der Waals surface area contributed by atoms with Gasteiger partial charge in [0.2, 0.25) is 12.7 Å². The van der Waals surface area contributed by atoms with Gasteiger partial charge in [0.1, 0.15) is 18.1 Å². The molecule has 2 aromatic carbocycles. The third-order valence-corrected chi connectivity index (χ3v) is 3.95. The molecule has 3 rings (SSSR count). The smallest absolute Gasteiger partial charge is 0.231 e. The maximum absolute atomic E-state index is 11.8. The molecule has 0 aromatic heterocycles. The second kappa shape index (κ2) is 9.39. The van der Waals surface area contributed by atoms with Crippen molar-refractivity contribution in [3.8, 4) is 34.8 Å². The van der Waals surface area contributed by atoms with Crippen LogP contribution in [0.5, 0.6) is 23.0 Å². The minimum absolute atomic E-state index is 0.0307. The Bertz CT molecular complexity index is 836. The van der Waals surface area contributed by atoms with Gasteiger partial charge in [0.25, 0.3) is 0 Å². The third-order valence-electron chi connectivity index (χ3n) is 3.95. The molecule has 0 aliphatic carbocycles. The lowest BCUT2D eigenvalue weighted by Crippen LogP contribution is -2.23. The van der Waals surface area contributed by atoms with Crippen LogP contribution in [-0.4, -0.2) is 33.0 Å². The zero-order chi connectivity index (χ0) is 18.9. The summed E-state index contributed by atoms with van der Waals surface area (Å²) in [5.41, 5.74) is 1.09. The van der Waals surface area contributed by atoms with E-state index in [4.69, 9.17) is 18.9 Å². The molecule has 27 heavy (non-hydrogen) atoms. The molecule has 6 heteroatoms. The molecule has 1 heterocycles. The minimum Gasteiger partial charge on any atom is -0.497 e. The van der Waals surface area contributed by atoms with E-state index >= 15 is 0 Å². The molecular weight excluding hydrogens is 346 g/mol. The normalized spacial score (nSPS) is 11.3. The first-order valence-corrected chi connectivity index (χ1v) is 8.62. The first kappa shape index (κ1) is 18.5. The zero-order valence-electron chi connectivity index (χ0n) is 15.1. The van der Waals surface area contributed by atoms with Gasteiger partial charge in [-0.1, -0.05) is 24.0 Å². The van der Waals surface area contributed by atoms with Crippen molar-refractivity contribution in [3.05, 3.63) is 48.0 Å². The van der Waals surface area contributed by atoms with Crippen LogP contribution < -0.4 is 24.3 Å².